The highest BCUT2D eigenvalue weighted by Gasteiger charge is 2.16. The highest BCUT2D eigenvalue weighted by molar-refractivity contribution is 7.92. The van der Waals surface area contributed by atoms with Gasteiger partial charge in [0, 0.05) is 11.4 Å². The van der Waals surface area contributed by atoms with Crippen LogP contribution in [0, 0.1) is 0 Å². The molecule has 0 unspecified atom stereocenters. The van der Waals surface area contributed by atoms with Crippen LogP contribution in [0.2, 0.25) is 0 Å². The number of amides is 1. The molecule has 0 spiro atoms. The zero-order valence-corrected chi connectivity index (χ0v) is 20.2. The molecule has 0 fully saturated rings. The molecule has 0 radical (unpaired) electrons. The number of methoxy groups -OCH3 is 1. The van der Waals surface area contributed by atoms with E-state index in [0.29, 0.717) is 35.0 Å². The van der Waals surface area contributed by atoms with Gasteiger partial charge in [-0.05, 0) is 67.1 Å². The third-order valence-electron chi connectivity index (χ3n) is 5.15. The van der Waals surface area contributed by atoms with Gasteiger partial charge >= 0.3 is 0 Å². The van der Waals surface area contributed by atoms with Crippen molar-refractivity contribution in [2.75, 3.05) is 23.8 Å². The molecule has 180 valence electrons. The van der Waals surface area contributed by atoms with E-state index in [9.17, 15) is 13.2 Å². The molecule has 0 aliphatic heterocycles. The van der Waals surface area contributed by atoms with Gasteiger partial charge in [0.05, 0.1) is 24.2 Å². The van der Waals surface area contributed by atoms with Crippen molar-refractivity contribution in [1.29, 1.82) is 0 Å². The molecule has 0 heterocycles. The molecule has 34 heavy (non-hydrogen) atoms. The van der Waals surface area contributed by atoms with Gasteiger partial charge < -0.3 is 14.8 Å². The molecule has 0 saturated heterocycles. The molecule has 3 aromatic carbocycles. The Morgan fingerprint density at radius 1 is 0.853 bits per heavy atom. The van der Waals surface area contributed by atoms with Crippen LogP contribution >= 0.6 is 0 Å². The van der Waals surface area contributed by atoms with Crippen molar-refractivity contribution >= 4 is 27.3 Å². The van der Waals surface area contributed by atoms with Crippen molar-refractivity contribution in [3.05, 3.63) is 78.4 Å². The lowest BCUT2D eigenvalue weighted by atomic mass is 10.1. The lowest BCUT2D eigenvalue weighted by molar-refractivity contribution is 0.102. The minimum Gasteiger partial charge on any atom is -0.497 e. The zero-order valence-electron chi connectivity index (χ0n) is 19.4. The highest BCUT2D eigenvalue weighted by Crippen LogP contribution is 2.23. The molecular weight excluding hydrogens is 452 g/mol. The quantitative estimate of drug-likeness (QED) is 0.323. The number of ether oxygens (including phenoxy) is 2. The molecule has 0 aliphatic rings. The van der Waals surface area contributed by atoms with Gasteiger partial charge in [0.2, 0.25) is 0 Å². The molecule has 0 aliphatic carbocycles. The Morgan fingerprint density at radius 3 is 2.21 bits per heavy atom. The summed E-state index contributed by atoms with van der Waals surface area (Å²) in [6, 6.07) is 19.6. The number of anilines is 2. The van der Waals surface area contributed by atoms with Gasteiger partial charge in [-0.25, -0.2) is 8.42 Å². The molecule has 3 rings (SSSR count). The van der Waals surface area contributed by atoms with E-state index in [-0.39, 0.29) is 10.8 Å². The maximum absolute atomic E-state index is 12.8. The zero-order chi connectivity index (χ0) is 24.4. The number of hydrogen-bond acceptors (Lipinski definition) is 5. The molecule has 0 aromatic heterocycles. The number of carbonyl (C=O) groups excluding carboxylic acids is 1. The van der Waals surface area contributed by atoms with E-state index in [1.54, 1.807) is 61.7 Å². The lowest BCUT2D eigenvalue weighted by Crippen LogP contribution is -2.15. The Balaban J connectivity index is 1.63. The smallest absolute Gasteiger partial charge is 0.261 e. The van der Waals surface area contributed by atoms with E-state index < -0.39 is 10.0 Å². The second-order valence-electron chi connectivity index (χ2n) is 7.72. The normalized spacial score (nSPS) is 11.0. The van der Waals surface area contributed by atoms with Crippen molar-refractivity contribution in [3.8, 4) is 11.5 Å². The fraction of sp³-hybridized carbons (Fsp3) is 0.269. The van der Waals surface area contributed by atoms with Crippen LogP contribution in [0.1, 0.15) is 43.0 Å². The van der Waals surface area contributed by atoms with Crippen LogP contribution in [0.4, 0.5) is 11.4 Å². The summed E-state index contributed by atoms with van der Waals surface area (Å²) in [6.45, 7) is 2.71. The van der Waals surface area contributed by atoms with Crippen LogP contribution in [0.5, 0.6) is 11.5 Å². The monoisotopic (exact) mass is 482 g/mol. The average Bonchev–Trinajstić information content (AvgIpc) is 2.85. The Bertz CT molecular complexity index is 1180. The minimum absolute atomic E-state index is 0.0807. The fourth-order valence-electron chi connectivity index (χ4n) is 3.28. The van der Waals surface area contributed by atoms with Crippen LogP contribution in [-0.2, 0) is 10.0 Å². The Morgan fingerprint density at radius 2 is 1.53 bits per heavy atom. The van der Waals surface area contributed by atoms with Crippen molar-refractivity contribution < 1.29 is 22.7 Å². The summed E-state index contributed by atoms with van der Waals surface area (Å²) in [4.78, 5) is 12.9. The molecule has 3 aromatic rings. The first-order chi connectivity index (χ1) is 16.4. The van der Waals surface area contributed by atoms with E-state index in [1.165, 1.54) is 12.1 Å². The molecule has 0 saturated carbocycles. The number of benzene rings is 3. The largest absolute Gasteiger partial charge is 0.497 e. The number of sulfonamides is 1. The number of unbranched alkanes of at least 4 members (excludes halogenated alkanes) is 3. The van der Waals surface area contributed by atoms with Gasteiger partial charge in [0.25, 0.3) is 15.9 Å². The van der Waals surface area contributed by atoms with Gasteiger partial charge in [0.1, 0.15) is 11.5 Å². The number of hydrogen-bond donors (Lipinski definition) is 2. The number of nitrogens with one attached hydrogen (secondary N) is 2. The van der Waals surface area contributed by atoms with Crippen LogP contribution in [-0.4, -0.2) is 28.0 Å². The first-order valence-corrected chi connectivity index (χ1v) is 12.7. The molecule has 8 heteroatoms. The van der Waals surface area contributed by atoms with Gasteiger partial charge in [-0.1, -0.05) is 38.3 Å². The second-order valence-corrected chi connectivity index (χ2v) is 9.40. The summed E-state index contributed by atoms with van der Waals surface area (Å²) < 4.78 is 38.8. The summed E-state index contributed by atoms with van der Waals surface area (Å²) >= 11 is 0. The second kappa shape index (κ2) is 12.1. The third-order valence-corrected chi connectivity index (χ3v) is 6.55. The van der Waals surface area contributed by atoms with Crippen LogP contribution in [0.15, 0.2) is 77.7 Å². The number of rotatable bonds is 12. The van der Waals surface area contributed by atoms with E-state index in [2.05, 4.69) is 17.0 Å². The number of para-hydroxylation sites is 1. The summed E-state index contributed by atoms with van der Waals surface area (Å²) in [5, 5.41) is 2.80. The standard InChI is InChI=1S/C26H30N2O5S/c1-3-4-5-8-19-33-25-10-7-6-9-24(25)26(29)27-20-13-17-23(18-14-20)34(30,31)28-21-11-15-22(32-2)16-12-21/h6-7,9-18,28H,3-5,8,19H2,1-2H3,(H,27,29). The average molecular weight is 483 g/mol. The van der Waals surface area contributed by atoms with Crippen LogP contribution < -0.4 is 19.5 Å². The Hall–Kier alpha value is -3.52. The van der Waals surface area contributed by atoms with Crippen LogP contribution in [0.25, 0.3) is 0 Å². The summed E-state index contributed by atoms with van der Waals surface area (Å²) in [6.07, 6.45) is 4.33. The van der Waals surface area contributed by atoms with Crippen molar-refractivity contribution in [2.24, 2.45) is 0 Å². The first kappa shape index (κ1) is 25.1. The van der Waals surface area contributed by atoms with Gasteiger partial charge in [-0.15, -0.1) is 0 Å². The summed E-state index contributed by atoms with van der Waals surface area (Å²) in [7, 11) is -2.24. The Kier molecular flexibility index (Phi) is 8.93. The first-order valence-electron chi connectivity index (χ1n) is 11.2. The molecular formula is C26H30N2O5S. The van der Waals surface area contributed by atoms with Crippen LogP contribution in [0.3, 0.4) is 0 Å². The predicted molar refractivity (Wildman–Crippen MR) is 134 cm³/mol. The van der Waals surface area contributed by atoms with E-state index in [4.69, 9.17) is 9.47 Å². The number of carbonyl (C=O) groups is 1. The van der Waals surface area contributed by atoms with Crippen molar-refractivity contribution in [3.63, 3.8) is 0 Å². The van der Waals surface area contributed by atoms with E-state index in [0.717, 1.165) is 25.7 Å². The molecule has 0 atom stereocenters. The maximum Gasteiger partial charge on any atom is 0.261 e. The molecule has 2 N–H and O–H groups in total. The lowest BCUT2D eigenvalue weighted by Gasteiger charge is -2.12. The maximum atomic E-state index is 12.8. The predicted octanol–water partition coefficient (Wildman–Crippen LogP) is 5.71. The minimum atomic E-state index is -3.78. The van der Waals surface area contributed by atoms with Gasteiger partial charge in [-0.3, -0.25) is 9.52 Å². The fourth-order valence-corrected chi connectivity index (χ4v) is 4.34. The Labute approximate surface area is 201 Å². The summed E-state index contributed by atoms with van der Waals surface area (Å²) in [5.41, 5.74) is 1.33. The molecule has 1 amide bonds. The van der Waals surface area contributed by atoms with Crippen molar-refractivity contribution in [1.82, 2.24) is 0 Å². The van der Waals surface area contributed by atoms with Crippen molar-refractivity contribution in [2.45, 2.75) is 37.5 Å². The molecule has 7 nitrogen and oxygen atoms in total. The van der Waals surface area contributed by atoms with E-state index in [1.807, 2.05) is 6.07 Å². The summed E-state index contributed by atoms with van der Waals surface area (Å²) in [5.74, 6) is 0.835. The SMILES string of the molecule is CCCCCCOc1ccccc1C(=O)Nc1ccc(S(=O)(=O)Nc2ccc(OC)cc2)cc1. The van der Waals surface area contributed by atoms with E-state index >= 15 is 0 Å². The van der Waals surface area contributed by atoms with Gasteiger partial charge in [-0.2, -0.15) is 0 Å². The molecule has 0 bridgehead atoms. The third kappa shape index (κ3) is 6.99. The van der Waals surface area contributed by atoms with Gasteiger partial charge in [0.15, 0.2) is 0 Å². The topological polar surface area (TPSA) is 93.7 Å². The highest BCUT2D eigenvalue weighted by atomic mass is 32.2.